The molecule has 0 bridgehead atoms. The first-order chi connectivity index (χ1) is 5.44. The van der Waals surface area contributed by atoms with Crippen molar-refractivity contribution in [3.63, 3.8) is 0 Å². The third kappa shape index (κ3) is 3.17. The van der Waals surface area contributed by atoms with Gasteiger partial charge in [-0.3, -0.25) is 0 Å². The minimum atomic E-state index is -3.46. The van der Waals surface area contributed by atoms with Crippen LogP contribution in [0, 0.1) is 11.3 Å². The second-order valence-corrected chi connectivity index (χ2v) is 4.41. The molecular formula is C6H13N3O2S. The Hall–Kier alpha value is -0.640. The Morgan fingerprint density at radius 1 is 1.58 bits per heavy atom. The lowest BCUT2D eigenvalue weighted by atomic mass is 10.3. The average Bonchev–Trinajstić information content (AvgIpc) is 2.00. The van der Waals surface area contributed by atoms with Crippen molar-refractivity contribution in [3.05, 3.63) is 0 Å². The monoisotopic (exact) mass is 191 g/mol. The maximum atomic E-state index is 11.1. The van der Waals surface area contributed by atoms with Crippen LogP contribution in [-0.2, 0) is 10.2 Å². The molecule has 5 nitrogen and oxygen atoms in total. The molecule has 1 atom stereocenters. The fraction of sp³-hybridized carbons (Fsp3) is 0.833. The first-order valence-electron chi connectivity index (χ1n) is 3.53. The topological polar surface area (TPSA) is 73.2 Å². The molecule has 0 saturated carbocycles. The fourth-order valence-electron chi connectivity index (χ4n) is 0.486. The van der Waals surface area contributed by atoms with Gasteiger partial charge in [-0.25, -0.2) is 0 Å². The van der Waals surface area contributed by atoms with Gasteiger partial charge in [0.2, 0.25) is 0 Å². The predicted molar refractivity (Wildman–Crippen MR) is 45.4 cm³/mol. The standard InChI is InChI=1S/C6H13N3O2S/c1-4-6(5-7)8-12(10,11)9(2)3/h6,8H,4H2,1-3H3. The number of nitriles is 1. The van der Waals surface area contributed by atoms with Crippen LogP contribution < -0.4 is 4.72 Å². The number of hydrogen-bond acceptors (Lipinski definition) is 3. The predicted octanol–water partition coefficient (Wildman–Crippen LogP) is -0.315. The fourth-order valence-corrected chi connectivity index (χ4v) is 1.28. The normalized spacial score (nSPS) is 14.2. The summed E-state index contributed by atoms with van der Waals surface area (Å²) in [5.74, 6) is 0. The summed E-state index contributed by atoms with van der Waals surface area (Å²) in [6.45, 7) is 1.74. The van der Waals surface area contributed by atoms with Gasteiger partial charge in [-0.05, 0) is 6.42 Å². The number of rotatable bonds is 4. The van der Waals surface area contributed by atoms with Crippen LogP contribution in [0.4, 0.5) is 0 Å². The van der Waals surface area contributed by atoms with Crippen molar-refractivity contribution in [1.29, 1.82) is 5.26 Å². The maximum absolute atomic E-state index is 11.1. The van der Waals surface area contributed by atoms with Gasteiger partial charge in [-0.2, -0.15) is 22.7 Å². The van der Waals surface area contributed by atoms with Gasteiger partial charge in [0.25, 0.3) is 10.2 Å². The quantitative estimate of drug-likeness (QED) is 0.662. The molecular weight excluding hydrogens is 178 g/mol. The molecule has 0 aromatic rings. The number of nitrogens with one attached hydrogen (secondary N) is 1. The Morgan fingerprint density at radius 3 is 2.33 bits per heavy atom. The first-order valence-corrected chi connectivity index (χ1v) is 4.97. The molecule has 1 N–H and O–H groups in total. The molecule has 0 rings (SSSR count). The molecule has 70 valence electrons. The van der Waals surface area contributed by atoms with Crippen molar-refractivity contribution in [1.82, 2.24) is 9.03 Å². The van der Waals surface area contributed by atoms with E-state index in [2.05, 4.69) is 4.72 Å². The highest BCUT2D eigenvalue weighted by Gasteiger charge is 2.17. The van der Waals surface area contributed by atoms with Crippen LogP contribution in [0.5, 0.6) is 0 Å². The lowest BCUT2D eigenvalue weighted by Crippen LogP contribution is -2.41. The van der Waals surface area contributed by atoms with E-state index in [1.807, 2.05) is 6.07 Å². The van der Waals surface area contributed by atoms with Gasteiger partial charge >= 0.3 is 0 Å². The summed E-state index contributed by atoms with van der Waals surface area (Å²) in [6.07, 6.45) is 0.462. The smallest absolute Gasteiger partial charge is 0.197 e. The second kappa shape index (κ2) is 4.40. The molecule has 0 fully saturated rings. The Bertz CT molecular complexity index is 265. The molecule has 0 aliphatic carbocycles. The van der Waals surface area contributed by atoms with E-state index >= 15 is 0 Å². The zero-order chi connectivity index (χ0) is 9.78. The van der Waals surface area contributed by atoms with Crippen molar-refractivity contribution >= 4 is 10.2 Å². The van der Waals surface area contributed by atoms with E-state index in [4.69, 9.17) is 5.26 Å². The minimum Gasteiger partial charge on any atom is -0.197 e. The molecule has 0 aromatic carbocycles. The van der Waals surface area contributed by atoms with Crippen LogP contribution in [0.15, 0.2) is 0 Å². The van der Waals surface area contributed by atoms with Crippen molar-refractivity contribution in [2.75, 3.05) is 14.1 Å². The summed E-state index contributed by atoms with van der Waals surface area (Å²) >= 11 is 0. The maximum Gasteiger partial charge on any atom is 0.280 e. The highest BCUT2D eigenvalue weighted by Crippen LogP contribution is 1.94. The molecule has 0 aliphatic rings. The average molecular weight is 191 g/mol. The van der Waals surface area contributed by atoms with Crippen molar-refractivity contribution < 1.29 is 8.42 Å². The highest BCUT2D eigenvalue weighted by atomic mass is 32.2. The van der Waals surface area contributed by atoms with Gasteiger partial charge in [0.05, 0.1) is 6.07 Å². The molecule has 0 aromatic heterocycles. The molecule has 0 aliphatic heterocycles. The lowest BCUT2D eigenvalue weighted by molar-refractivity contribution is 0.497. The van der Waals surface area contributed by atoms with E-state index in [0.717, 1.165) is 4.31 Å². The molecule has 1 unspecified atom stereocenters. The first kappa shape index (κ1) is 11.4. The summed E-state index contributed by atoms with van der Waals surface area (Å²) in [4.78, 5) is 0. The molecule has 12 heavy (non-hydrogen) atoms. The van der Waals surface area contributed by atoms with Crippen LogP contribution >= 0.6 is 0 Å². The Labute approximate surface area is 73.2 Å². The summed E-state index contributed by atoms with van der Waals surface area (Å²) in [5, 5.41) is 8.48. The Balaban J connectivity index is 4.37. The number of nitrogens with zero attached hydrogens (tertiary/aromatic N) is 2. The van der Waals surface area contributed by atoms with E-state index < -0.39 is 16.3 Å². The SMILES string of the molecule is CCC(C#N)NS(=O)(=O)N(C)C. The lowest BCUT2D eigenvalue weighted by Gasteiger charge is -2.14. The molecule has 0 saturated heterocycles. The minimum absolute atomic E-state index is 0.462. The Morgan fingerprint density at radius 2 is 2.08 bits per heavy atom. The molecule has 0 radical (unpaired) electrons. The van der Waals surface area contributed by atoms with Gasteiger partial charge in [-0.15, -0.1) is 0 Å². The third-order valence-corrected chi connectivity index (χ3v) is 2.88. The van der Waals surface area contributed by atoms with Gasteiger partial charge in [-0.1, -0.05) is 6.92 Å². The van der Waals surface area contributed by atoms with Crippen LogP contribution in [0.25, 0.3) is 0 Å². The van der Waals surface area contributed by atoms with Gasteiger partial charge in [0, 0.05) is 14.1 Å². The largest absolute Gasteiger partial charge is 0.280 e. The van der Waals surface area contributed by atoms with E-state index in [1.165, 1.54) is 14.1 Å². The van der Waals surface area contributed by atoms with E-state index in [0.29, 0.717) is 6.42 Å². The summed E-state index contributed by atoms with van der Waals surface area (Å²) in [5.41, 5.74) is 0. The molecule has 0 spiro atoms. The summed E-state index contributed by atoms with van der Waals surface area (Å²) < 4.78 is 25.5. The molecule has 0 heterocycles. The number of hydrogen-bond donors (Lipinski definition) is 1. The van der Waals surface area contributed by atoms with Gasteiger partial charge < -0.3 is 0 Å². The van der Waals surface area contributed by atoms with E-state index in [1.54, 1.807) is 6.92 Å². The van der Waals surface area contributed by atoms with Crippen LogP contribution in [0.1, 0.15) is 13.3 Å². The van der Waals surface area contributed by atoms with Crippen molar-refractivity contribution in [2.45, 2.75) is 19.4 Å². The zero-order valence-corrected chi connectivity index (χ0v) is 8.22. The molecule has 6 heteroatoms. The van der Waals surface area contributed by atoms with Crippen molar-refractivity contribution in [3.8, 4) is 6.07 Å². The highest BCUT2D eigenvalue weighted by molar-refractivity contribution is 7.87. The third-order valence-electron chi connectivity index (χ3n) is 1.34. The second-order valence-electron chi connectivity index (χ2n) is 2.50. The van der Waals surface area contributed by atoms with Crippen LogP contribution in [-0.4, -0.2) is 32.9 Å². The summed E-state index contributed by atoms with van der Waals surface area (Å²) in [6, 6.07) is 1.20. The molecule has 0 amide bonds. The Kier molecular flexibility index (Phi) is 4.17. The zero-order valence-electron chi connectivity index (χ0n) is 7.40. The van der Waals surface area contributed by atoms with Crippen molar-refractivity contribution in [2.24, 2.45) is 0 Å². The van der Waals surface area contributed by atoms with E-state index in [-0.39, 0.29) is 0 Å². The van der Waals surface area contributed by atoms with Crippen LogP contribution in [0.3, 0.4) is 0 Å². The van der Waals surface area contributed by atoms with Crippen LogP contribution in [0.2, 0.25) is 0 Å². The van der Waals surface area contributed by atoms with E-state index in [9.17, 15) is 8.42 Å². The van der Waals surface area contributed by atoms with Gasteiger partial charge in [0.1, 0.15) is 6.04 Å². The summed E-state index contributed by atoms with van der Waals surface area (Å²) in [7, 11) is -0.642. The van der Waals surface area contributed by atoms with Gasteiger partial charge in [0.15, 0.2) is 0 Å².